The summed E-state index contributed by atoms with van der Waals surface area (Å²) >= 11 is 0. The van der Waals surface area contributed by atoms with E-state index in [-0.39, 0.29) is 35.9 Å². The molecule has 5 atom stereocenters. The summed E-state index contributed by atoms with van der Waals surface area (Å²) in [5.41, 5.74) is 0. The molecule has 1 saturated carbocycles. The summed E-state index contributed by atoms with van der Waals surface area (Å²) in [7, 11) is -3.42. The molecule has 0 radical (unpaired) electrons. The van der Waals surface area contributed by atoms with E-state index in [2.05, 4.69) is 48.1 Å². The van der Waals surface area contributed by atoms with Crippen LogP contribution in [0.2, 0.25) is 36.3 Å². The predicted molar refractivity (Wildman–Crippen MR) is 125 cm³/mol. The summed E-state index contributed by atoms with van der Waals surface area (Å²) in [6, 6.07) is 6.88. The molecule has 0 bridgehead atoms. The maximum absolute atomic E-state index is 12.5. The Balaban J connectivity index is 2.28. The van der Waals surface area contributed by atoms with E-state index in [1.54, 1.807) is 0 Å². The molecule has 168 valence electrons. The highest BCUT2D eigenvalue weighted by atomic mass is 28.4. The van der Waals surface area contributed by atoms with Gasteiger partial charge in [-0.1, -0.05) is 47.6 Å². The summed E-state index contributed by atoms with van der Waals surface area (Å²) < 4.78 is 19.6. The quantitative estimate of drug-likeness (QED) is 0.196. The van der Waals surface area contributed by atoms with Crippen LogP contribution in [-0.4, -0.2) is 41.4 Å². The third-order valence-electron chi connectivity index (χ3n) is 8.17. The van der Waals surface area contributed by atoms with Crippen molar-refractivity contribution in [2.75, 3.05) is 6.61 Å². The largest absolute Gasteiger partial charge is 0.462 e. The van der Waals surface area contributed by atoms with Crippen LogP contribution in [0.25, 0.3) is 0 Å². The first-order valence-corrected chi connectivity index (χ1v) is 17.1. The molecule has 4 nitrogen and oxygen atoms in total. The lowest BCUT2D eigenvalue weighted by molar-refractivity contribution is -0.144. The van der Waals surface area contributed by atoms with Gasteiger partial charge in [-0.25, -0.2) is 0 Å². The van der Waals surface area contributed by atoms with E-state index in [1.807, 2.05) is 6.08 Å². The van der Waals surface area contributed by atoms with Crippen molar-refractivity contribution < 1.29 is 18.4 Å². The van der Waals surface area contributed by atoms with Crippen molar-refractivity contribution in [2.45, 2.75) is 103 Å². The maximum atomic E-state index is 12.5. The molecule has 0 spiro atoms. The van der Waals surface area contributed by atoms with E-state index in [1.165, 1.54) is 0 Å². The summed E-state index contributed by atoms with van der Waals surface area (Å²) in [5, 5.41) is 0. The van der Waals surface area contributed by atoms with E-state index in [0.29, 0.717) is 6.42 Å². The molecule has 0 unspecified atom stereocenters. The molecule has 6 heteroatoms. The zero-order chi connectivity index (χ0) is 21.7. The third kappa shape index (κ3) is 5.08. The van der Waals surface area contributed by atoms with Gasteiger partial charge < -0.3 is 13.6 Å². The smallest absolute Gasteiger partial charge is 0.309 e. The van der Waals surface area contributed by atoms with Crippen LogP contribution in [0.5, 0.6) is 0 Å². The number of carbonyl (C=O) groups excluding carboxylic acids is 1. The molecule has 1 aliphatic carbocycles. The molecule has 2 fully saturated rings. The Kier molecular flexibility index (Phi) is 9.19. The van der Waals surface area contributed by atoms with Gasteiger partial charge in [0, 0.05) is 24.9 Å². The van der Waals surface area contributed by atoms with Crippen molar-refractivity contribution in [1.29, 1.82) is 0 Å². The van der Waals surface area contributed by atoms with Gasteiger partial charge in [0.1, 0.15) is 6.10 Å². The van der Waals surface area contributed by atoms with Gasteiger partial charge in [-0.05, 0) is 42.7 Å². The van der Waals surface area contributed by atoms with Gasteiger partial charge in [0.15, 0.2) is 16.6 Å². The molecule has 29 heavy (non-hydrogen) atoms. The second kappa shape index (κ2) is 10.7. The average Bonchev–Trinajstić information content (AvgIpc) is 3.23. The first-order chi connectivity index (χ1) is 13.9. The number of allylic oxidation sites excluding steroid dienone is 1. The Morgan fingerprint density at radius 3 is 2.03 bits per heavy atom. The van der Waals surface area contributed by atoms with Crippen molar-refractivity contribution in [3.8, 4) is 0 Å². The number of hydrogen-bond acceptors (Lipinski definition) is 4. The lowest BCUT2D eigenvalue weighted by Gasteiger charge is -2.37. The second-order valence-corrected chi connectivity index (χ2v) is 18.5. The lowest BCUT2D eigenvalue weighted by atomic mass is 9.82. The zero-order valence-corrected chi connectivity index (χ0v) is 21.7. The number of fused-ring (bicyclic) bond motifs is 1. The fourth-order valence-corrected chi connectivity index (χ4v) is 11.2. The minimum atomic E-state index is -1.73. The van der Waals surface area contributed by atoms with Crippen molar-refractivity contribution in [1.82, 2.24) is 0 Å². The number of ether oxygens (including phenoxy) is 1. The summed E-state index contributed by atoms with van der Waals surface area (Å²) in [5.74, 6) is 0.337. The zero-order valence-electron chi connectivity index (χ0n) is 19.7. The third-order valence-corrected chi connectivity index (χ3v) is 17.5. The van der Waals surface area contributed by atoms with Crippen molar-refractivity contribution in [3.63, 3.8) is 0 Å². The monoisotopic (exact) mass is 440 g/mol. The van der Waals surface area contributed by atoms with Gasteiger partial charge in [0.2, 0.25) is 0 Å². The summed E-state index contributed by atoms with van der Waals surface area (Å²) in [6.45, 7) is 18.3. The van der Waals surface area contributed by atoms with Gasteiger partial charge >= 0.3 is 5.97 Å². The first-order valence-electron chi connectivity index (χ1n) is 12.0. The van der Waals surface area contributed by atoms with Gasteiger partial charge in [-0.3, -0.25) is 4.79 Å². The fourth-order valence-electron chi connectivity index (χ4n) is 5.60. The Morgan fingerprint density at radius 2 is 1.55 bits per heavy atom. The number of hydrogen-bond donors (Lipinski definition) is 0. The van der Waals surface area contributed by atoms with Gasteiger partial charge in [0.25, 0.3) is 0 Å². The van der Waals surface area contributed by atoms with E-state index in [0.717, 1.165) is 49.3 Å². The van der Waals surface area contributed by atoms with Crippen LogP contribution < -0.4 is 0 Å². The summed E-state index contributed by atoms with van der Waals surface area (Å²) in [6.07, 6.45) is 3.55. The van der Waals surface area contributed by atoms with Gasteiger partial charge in [0.05, 0.1) is 12.0 Å². The predicted octanol–water partition coefficient (Wildman–Crippen LogP) is 6.15. The van der Waals surface area contributed by atoms with Crippen LogP contribution in [-0.2, 0) is 18.4 Å². The molecule has 0 amide bonds. The van der Waals surface area contributed by atoms with Crippen molar-refractivity contribution >= 4 is 22.6 Å². The molecule has 1 aliphatic heterocycles. The Bertz CT molecular complexity index is 528. The highest BCUT2D eigenvalue weighted by Gasteiger charge is 2.57. The molecule has 0 aromatic rings. The minimum Gasteiger partial charge on any atom is -0.462 e. The molecule has 2 rings (SSSR count). The second-order valence-electron chi connectivity index (χ2n) is 9.04. The van der Waals surface area contributed by atoms with E-state index < -0.39 is 16.6 Å². The van der Waals surface area contributed by atoms with E-state index in [9.17, 15) is 4.79 Å². The Hall–Kier alpha value is -0.436. The van der Waals surface area contributed by atoms with Crippen LogP contribution in [0.15, 0.2) is 12.7 Å². The standard InChI is InChI=1S/C23H44O4Si2/c1-8-15-18-22-19(17-25-28(9-2,10-3)11-4)20(16-21(22)26-23(18)24)27-29(12-5,13-6)14-7/h8,18-22H,1,9-17H2,2-7H3/t18-,19+,20+,21-,22+/m0/s1. The van der Waals surface area contributed by atoms with Crippen LogP contribution in [0.4, 0.5) is 0 Å². The number of esters is 1. The molecule has 0 aromatic heterocycles. The average molecular weight is 441 g/mol. The summed E-state index contributed by atoms with van der Waals surface area (Å²) in [4.78, 5) is 12.5. The molecular weight excluding hydrogens is 396 g/mol. The van der Waals surface area contributed by atoms with Gasteiger partial charge in [-0.2, -0.15) is 0 Å². The molecule has 2 aliphatic rings. The molecule has 0 N–H and O–H groups in total. The minimum absolute atomic E-state index is 0.00994. The van der Waals surface area contributed by atoms with Gasteiger partial charge in [-0.15, -0.1) is 6.58 Å². The van der Waals surface area contributed by atoms with E-state index >= 15 is 0 Å². The fraction of sp³-hybridized carbons (Fsp3) is 0.870. The highest BCUT2D eigenvalue weighted by Crippen LogP contribution is 2.48. The Morgan fingerprint density at radius 1 is 1.00 bits per heavy atom. The van der Waals surface area contributed by atoms with E-state index in [4.69, 9.17) is 13.6 Å². The highest BCUT2D eigenvalue weighted by molar-refractivity contribution is 6.74. The van der Waals surface area contributed by atoms with Crippen LogP contribution in [0.1, 0.15) is 54.4 Å². The lowest BCUT2D eigenvalue weighted by Crippen LogP contribution is -2.45. The molecule has 0 aromatic carbocycles. The topological polar surface area (TPSA) is 44.8 Å². The van der Waals surface area contributed by atoms with Crippen LogP contribution >= 0.6 is 0 Å². The number of rotatable bonds is 13. The molecular formula is C23H44O4Si2. The van der Waals surface area contributed by atoms with Crippen molar-refractivity contribution in [2.24, 2.45) is 17.8 Å². The Labute approximate surface area is 181 Å². The maximum Gasteiger partial charge on any atom is 0.309 e. The van der Waals surface area contributed by atoms with Crippen LogP contribution in [0, 0.1) is 17.8 Å². The van der Waals surface area contributed by atoms with Crippen LogP contribution in [0.3, 0.4) is 0 Å². The SMILES string of the molecule is C=CC[C@@H]1C(=O)O[C@H]2C[C@@H](O[Si](CC)(CC)CC)[C@@H](CO[Si](CC)(CC)CC)[C@H]21. The van der Waals surface area contributed by atoms with Crippen molar-refractivity contribution in [3.05, 3.63) is 12.7 Å². The molecule has 1 saturated heterocycles. The normalized spacial score (nSPS) is 29.7. The first kappa shape index (κ1) is 24.8. The number of carbonyl (C=O) groups is 1. The molecule has 1 heterocycles.